The van der Waals surface area contributed by atoms with Crippen molar-refractivity contribution < 1.29 is 9.63 Å². The van der Waals surface area contributed by atoms with E-state index in [9.17, 15) is 5.11 Å². The van der Waals surface area contributed by atoms with Crippen molar-refractivity contribution in [1.82, 2.24) is 10.1 Å². The van der Waals surface area contributed by atoms with Gasteiger partial charge in [-0.25, -0.2) is 0 Å². The summed E-state index contributed by atoms with van der Waals surface area (Å²) in [7, 11) is 0. The molecule has 2 aromatic carbocycles. The molecule has 21 heavy (non-hydrogen) atoms. The largest absolute Gasteiger partial charge is 0.508 e. The maximum Gasteiger partial charge on any atom is 0.257 e. The molecule has 0 unspecified atom stereocenters. The van der Waals surface area contributed by atoms with Crippen LogP contribution >= 0.6 is 0 Å². The van der Waals surface area contributed by atoms with Crippen LogP contribution in [0.5, 0.6) is 5.75 Å². The second kappa shape index (κ2) is 5.47. The highest BCUT2D eigenvalue weighted by Gasteiger charge is 2.09. The third-order valence-electron chi connectivity index (χ3n) is 3.00. The van der Waals surface area contributed by atoms with Crippen LogP contribution in [0.4, 0.5) is 0 Å². The summed E-state index contributed by atoms with van der Waals surface area (Å²) in [6.07, 6.45) is 0.497. The molecule has 0 saturated carbocycles. The molecule has 1 N–H and O–H groups in total. The van der Waals surface area contributed by atoms with Gasteiger partial charge in [0.2, 0.25) is 0 Å². The van der Waals surface area contributed by atoms with E-state index in [0.29, 0.717) is 23.7 Å². The fraction of sp³-hybridized carbons (Fsp3) is 0.0625. The number of rotatable bonds is 3. The molecule has 1 heterocycles. The maximum absolute atomic E-state index is 9.26. The van der Waals surface area contributed by atoms with Crippen molar-refractivity contribution in [2.45, 2.75) is 6.42 Å². The van der Waals surface area contributed by atoms with Crippen LogP contribution in [-0.2, 0) is 6.42 Å². The first-order valence-electron chi connectivity index (χ1n) is 6.35. The molecule has 0 bridgehead atoms. The first kappa shape index (κ1) is 12.9. The van der Waals surface area contributed by atoms with E-state index in [1.165, 1.54) is 0 Å². The van der Waals surface area contributed by atoms with Gasteiger partial charge in [0.15, 0.2) is 5.82 Å². The van der Waals surface area contributed by atoms with Crippen molar-refractivity contribution in [2.24, 2.45) is 0 Å². The van der Waals surface area contributed by atoms with E-state index in [-0.39, 0.29) is 5.75 Å². The van der Waals surface area contributed by atoms with Crippen LogP contribution in [0.2, 0.25) is 0 Å². The van der Waals surface area contributed by atoms with Gasteiger partial charge in [0.25, 0.3) is 5.89 Å². The average Bonchev–Trinajstić information content (AvgIpc) is 2.96. The van der Waals surface area contributed by atoms with Gasteiger partial charge in [-0.1, -0.05) is 17.3 Å². The zero-order valence-electron chi connectivity index (χ0n) is 11.0. The first-order valence-corrected chi connectivity index (χ1v) is 6.35. The number of benzene rings is 2. The van der Waals surface area contributed by atoms with Crippen molar-refractivity contribution in [2.75, 3.05) is 0 Å². The summed E-state index contributed by atoms with van der Waals surface area (Å²) in [5.74, 6) is 1.14. The number of hydrogen-bond donors (Lipinski definition) is 1. The summed E-state index contributed by atoms with van der Waals surface area (Å²) < 4.78 is 5.21. The predicted octanol–water partition coefficient (Wildman–Crippen LogP) is 2.90. The Morgan fingerprint density at radius 1 is 1.14 bits per heavy atom. The van der Waals surface area contributed by atoms with Crippen molar-refractivity contribution in [3.63, 3.8) is 0 Å². The summed E-state index contributed by atoms with van der Waals surface area (Å²) in [5.41, 5.74) is 2.30. The van der Waals surface area contributed by atoms with E-state index in [2.05, 4.69) is 16.2 Å². The molecule has 1 aromatic heterocycles. The highest BCUT2D eigenvalue weighted by molar-refractivity contribution is 5.54. The maximum atomic E-state index is 9.26. The van der Waals surface area contributed by atoms with Crippen molar-refractivity contribution in [1.29, 1.82) is 5.26 Å². The molecule has 0 aliphatic heterocycles. The summed E-state index contributed by atoms with van der Waals surface area (Å²) in [5, 5.41) is 22.1. The Balaban J connectivity index is 1.82. The minimum atomic E-state index is 0.187. The number of aromatic hydroxyl groups is 1. The van der Waals surface area contributed by atoms with E-state index in [4.69, 9.17) is 9.78 Å². The van der Waals surface area contributed by atoms with Gasteiger partial charge in [0.05, 0.1) is 11.6 Å². The SMILES string of the molecule is N#Cc1cccc(Cc2noc(-c3ccc(O)cc3)n2)c1. The van der Waals surface area contributed by atoms with Gasteiger partial charge in [0, 0.05) is 12.0 Å². The summed E-state index contributed by atoms with van der Waals surface area (Å²) in [6.45, 7) is 0. The van der Waals surface area contributed by atoms with Crippen LogP contribution in [0.15, 0.2) is 53.1 Å². The van der Waals surface area contributed by atoms with Crippen LogP contribution in [0.3, 0.4) is 0 Å². The van der Waals surface area contributed by atoms with E-state index < -0.39 is 0 Å². The molecule has 0 spiro atoms. The van der Waals surface area contributed by atoms with E-state index in [1.54, 1.807) is 36.4 Å². The molecule has 0 aliphatic rings. The van der Waals surface area contributed by atoms with Crippen LogP contribution < -0.4 is 0 Å². The lowest BCUT2D eigenvalue weighted by atomic mass is 10.1. The van der Waals surface area contributed by atoms with Gasteiger partial charge in [-0.15, -0.1) is 0 Å². The zero-order chi connectivity index (χ0) is 14.7. The Bertz CT molecular complexity index is 801. The lowest BCUT2D eigenvalue weighted by molar-refractivity contribution is 0.423. The van der Waals surface area contributed by atoms with Crippen LogP contribution in [0, 0.1) is 11.3 Å². The summed E-state index contributed by atoms with van der Waals surface area (Å²) in [4.78, 5) is 4.32. The highest BCUT2D eigenvalue weighted by atomic mass is 16.5. The Hall–Kier alpha value is -3.13. The molecular formula is C16H11N3O2. The first-order chi connectivity index (χ1) is 10.2. The fourth-order valence-corrected chi connectivity index (χ4v) is 1.98. The minimum absolute atomic E-state index is 0.187. The Labute approximate surface area is 121 Å². The normalized spacial score (nSPS) is 10.2. The molecule has 0 saturated heterocycles. The second-order valence-corrected chi connectivity index (χ2v) is 4.55. The summed E-state index contributed by atoms with van der Waals surface area (Å²) >= 11 is 0. The molecular weight excluding hydrogens is 266 g/mol. The van der Waals surface area contributed by atoms with Gasteiger partial charge in [0.1, 0.15) is 5.75 Å². The highest BCUT2D eigenvalue weighted by Crippen LogP contribution is 2.20. The third-order valence-corrected chi connectivity index (χ3v) is 3.00. The van der Waals surface area contributed by atoms with Gasteiger partial charge < -0.3 is 9.63 Å². The molecule has 3 aromatic rings. The molecule has 102 valence electrons. The number of phenolic OH excluding ortho intramolecular Hbond substituents is 1. The van der Waals surface area contributed by atoms with E-state index in [1.807, 2.05) is 12.1 Å². The summed E-state index contributed by atoms with van der Waals surface area (Å²) in [6, 6.07) is 16.0. The Morgan fingerprint density at radius 2 is 1.95 bits per heavy atom. The molecule has 0 amide bonds. The third kappa shape index (κ3) is 2.90. The van der Waals surface area contributed by atoms with Crippen LogP contribution in [-0.4, -0.2) is 15.2 Å². The topological polar surface area (TPSA) is 82.9 Å². The number of nitrogens with zero attached hydrogens (tertiary/aromatic N) is 3. The minimum Gasteiger partial charge on any atom is -0.508 e. The quantitative estimate of drug-likeness (QED) is 0.795. The monoisotopic (exact) mass is 277 g/mol. The molecule has 0 atom stereocenters. The number of aromatic nitrogens is 2. The van der Waals surface area contributed by atoms with E-state index in [0.717, 1.165) is 11.1 Å². The zero-order valence-corrected chi connectivity index (χ0v) is 11.0. The lowest BCUT2D eigenvalue weighted by Gasteiger charge is -1.96. The van der Waals surface area contributed by atoms with Gasteiger partial charge >= 0.3 is 0 Å². The molecule has 3 rings (SSSR count). The average molecular weight is 277 g/mol. The van der Waals surface area contributed by atoms with Crippen LogP contribution in [0.1, 0.15) is 17.0 Å². The fourth-order valence-electron chi connectivity index (χ4n) is 1.98. The Kier molecular flexibility index (Phi) is 3.36. The Morgan fingerprint density at radius 3 is 2.71 bits per heavy atom. The van der Waals surface area contributed by atoms with Gasteiger partial charge in [-0.2, -0.15) is 10.2 Å². The van der Waals surface area contributed by atoms with Crippen molar-refractivity contribution in [3.8, 4) is 23.3 Å². The van der Waals surface area contributed by atoms with Crippen molar-refractivity contribution >= 4 is 0 Å². The second-order valence-electron chi connectivity index (χ2n) is 4.55. The standard InChI is InChI=1S/C16H11N3O2/c17-10-12-3-1-2-11(8-12)9-15-18-16(21-19-15)13-4-6-14(20)7-5-13/h1-8,20H,9H2. The molecule has 5 nitrogen and oxygen atoms in total. The van der Waals surface area contributed by atoms with Crippen molar-refractivity contribution in [3.05, 3.63) is 65.5 Å². The molecule has 5 heteroatoms. The van der Waals surface area contributed by atoms with Gasteiger partial charge in [-0.3, -0.25) is 0 Å². The molecule has 0 fully saturated rings. The van der Waals surface area contributed by atoms with Gasteiger partial charge in [-0.05, 0) is 42.0 Å². The van der Waals surface area contributed by atoms with Crippen LogP contribution in [0.25, 0.3) is 11.5 Å². The smallest absolute Gasteiger partial charge is 0.257 e. The lowest BCUT2D eigenvalue weighted by Crippen LogP contribution is -1.91. The number of phenols is 1. The molecule has 0 radical (unpaired) electrons. The van der Waals surface area contributed by atoms with E-state index >= 15 is 0 Å². The predicted molar refractivity (Wildman–Crippen MR) is 75.4 cm³/mol. The number of hydrogen-bond acceptors (Lipinski definition) is 5. The molecule has 0 aliphatic carbocycles. The number of nitriles is 1.